The predicted octanol–water partition coefficient (Wildman–Crippen LogP) is 2.87. The van der Waals surface area contributed by atoms with Crippen LogP contribution in [0.4, 0.5) is 17.5 Å². The largest absolute Gasteiger partial charge is 0.495 e. The molecule has 0 bridgehead atoms. The number of pyridine rings is 1. The van der Waals surface area contributed by atoms with E-state index in [4.69, 9.17) is 9.47 Å². The van der Waals surface area contributed by atoms with E-state index < -0.39 is 5.97 Å². The first-order chi connectivity index (χ1) is 14.5. The topological polar surface area (TPSA) is 118 Å². The number of nitrogens with one attached hydrogen (secondary N) is 2. The van der Waals surface area contributed by atoms with Gasteiger partial charge in [0.2, 0.25) is 5.95 Å². The first kappa shape index (κ1) is 21.0. The zero-order chi connectivity index (χ0) is 21.5. The number of hydrogen-bond donors (Lipinski definition) is 3. The molecule has 0 fully saturated rings. The molecule has 0 spiro atoms. The molecule has 9 nitrogen and oxygen atoms in total. The average molecular weight is 409 g/mol. The molecule has 0 saturated heterocycles. The van der Waals surface area contributed by atoms with Crippen molar-refractivity contribution in [3.8, 4) is 17.0 Å². The highest BCUT2D eigenvalue weighted by Gasteiger charge is 2.14. The van der Waals surface area contributed by atoms with Gasteiger partial charge in [0.15, 0.2) is 0 Å². The van der Waals surface area contributed by atoms with Gasteiger partial charge in [-0.25, -0.2) is 9.78 Å². The van der Waals surface area contributed by atoms with Crippen LogP contribution in [0.1, 0.15) is 17.3 Å². The number of esters is 1. The monoisotopic (exact) mass is 409 g/mol. The van der Waals surface area contributed by atoms with Crippen molar-refractivity contribution in [1.82, 2.24) is 15.0 Å². The van der Waals surface area contributed by atoms with Crippen LogP contribution in [-0.4, -0.2) is 52.9 Å². The Bertz CT molecular complexity index is 1010. The van der Waals surface area contributed by atoms with Gasteiger partial charge < -0.3 is 25.2 Å². The number of benzene rings is 1. The Kier molecular flexibility index (Phi) is 6.76. The molecule has 3 aromatic rings. The number of nitrogens with zero attached hydrogens (tertiary/aromatic N) is 3. The Labute approximate surface area is 174 Å². The van der Waals surface area contributed by atoms with E-state index in [2.05, 4.69) is 25.6 Å². The van der Waals surface area contributed by atoms with E-state index in [9.17, 15) is 9.90 Å². The molecule has 0 saturated carbocycles. The van der Waals surface area contributed by atoms with Crippen LogP contribution in [0, 0.1) is 0 Å². The number of hydrogen-bond acceptors (Lipinski definition) is 9. The van der Waals surface area contributed by atoms with E-state index in [0.717, 1.165) is 5.56 Å². The number of aliphatic hydroxyl groups excluding tert-OH is 1. The first-order valence-electron chi connectivity index (χ1n) is 9.24. The zero-order valence-corrected chi connectivity index (χ0v) is 16.9. The molecule has 1 atom stereocenters. The van der Waals surface area contributed by atoms with Crippen molar-refractivity contribution in [2.75, 3.05) is 31.5 Å². The summed E-state index contributed by atoms with van der Waals surface area (Å²) in [4.78, 5) is 25.0. The summed E-state index contributed by atoms with van der Waals surface area (Å²) < 4.78 is 10.2. The van der Waals surface area contributed by atoms with E-state index in [-0.39, 0.29) is 12.6 Å². The second-order valence-electron chi connectivity index (χ2n) is 6.46. The maximum Gasteiger partial charge on any atom is 0.337 e. The van der Waals surface area contributed by atoms with Crippen LogP contribution >= 0.6 is 0 Å². The minimum absolute atomic E-state index is 0.0688. The van der Waals surface area contributed by atoms with Gasteiger partial charge >= 0.3 is 5.97 Å². The number of carbonyl (C=O) groups is 1. The van der Waals surface area contributed by atoms with Gasteiger partial charge in [-0.1, -0.05) is 0 Å². The summed E-state index contributed by atoms with van der Waals surface area (Å²) >= 11 is 0. The van der Waals surface area contributed by atoms with Gasteiger partial charge in [-0.2, -0.15) is 4.98 Å². The predicted molar refractivity (Wildman–Crippen MR) is 113 cm³/mol. The molecule has 2 heterocycles. The second kappa shape index (κ2) is 9.66. The number of aliphatic hydroxyl groups is 1. The summed E-state index contributed by atoms with van der Waals surface area (Å²) in [6.07, 6.45) is 3.35. The maximum absolute atomic E-state index is 11.9. The van der Waals surface area contributed by atoms with Crippen molar-refractivity contribution in [3.63, 3.8) is 0 Å². The molecule has 0 aliphatic rings. The van der Waals surface area contributed by atoms with Crippen molar-refractivity contribution in [2.45, 2.75) is 13.0 Å². The van der Waals surface area contributed by atoms with Gasteiger partial charge in [-0.15, -0.1) is 0 Å². The van der Waals surface area contributed by atoms with Crippen LogP contribution in [0.25, 0.3) is 11.3 Å². The highest BCUT2D eigenvalue weighted by atomic mass is 16.5. The summed E-state index contributed by atoms with van der Waals surface area (Å²) in [5.74, 6) is 0.895. The van der Waals surface area contributed by atoms with Crippen LogP contribution in [0.3, 0.4) is 0 Å². The smallest absolute Gasteiger partial charge is 0.337 e. The fourth-order valence-electron chi connectivity index (χ4n) is 2.70. The molecule has 9 heteroatoms. The fourth-order valence-corrected chi connectivity index (χ4v) is 2.70. The molecule has 3 rings (SSSR count). The van der Waals surface area contributed by atoms with Gasteiger partial charge in [0, 0.05) is 30.1 Å². The van der Waals surface area contributed by atoms with Crippen LogP contribution < -0.4 is 15.4 Å². The van der Waals surface area contributed by atoms with Crippen LogP contribution in [0.15, 0.2) is 48.8 Å². The number of carbonyl (C=O) groups excluding carboxylic acids is 1. The number of ether oxygens (including phenoxy) is 2. The molecular formula is C21H23N5O4. The van der Waals surface area contributed by atoms with E-state index >= 15 is 0 Å². The van der Waals surface area contributed by atoms with Crippen molar-refractivity contribution < 1.29 is 19.4 Å². The van der Waals surface area contributed by atoms with Gasteiger partial charge in [-0.05, 0) is 37.3 Å². The maximum atomic E-state index is 11.9. The fraction of sp³-hybridized carbons (Fsp3) is 0.238. The van der Waals surface area contributed by atoms with Crippen LogP contribution in [-0.2, 0) is 4.74 Å². The third-order valence-corrected chi connectivity index (χ3v) is 4.23. The Morgan fingerprint density at radius 1 is 1.13 bits per heavy atom. The van der Waals surface area contributed by atoms with E-state index in [1.165, 1.54) is 14.2 Å². The first-order valence-corrected chi connectivity index (χ1v) is 9.24. The SMILES string of the molecule is COC(=O)c1ccc(OC)c(Nc2cc(-c3ccncc3)nc(N[C@@H](C)CO)n2)c1. The zero-order valence-electron chi connectivity index (χ0n) is 16.9. The van der Waals surface area contributed by atoms with Gasteiger partial charge in [0.05, 0.1) is 37.8 Å². The quantitative estimate of drug-likeness (QED) is 0.483. The highest BCUT2D eigenvalue weighted by molar-refractivity contribution is 5.91. The number of anilines is 3. The average Bonchev–Trinajstić information content (AvgIpc) is 2.78. The van der Waals surface area contributed by atoms with E-state index in [0.29, 0.717) is 34.5 Å². The van der Waals surface area contributed by atoms with Crippen LogP contribution in [0.2, 0.25) is 0 Å². The minimum Gasteiger partial charge on any atom is -0.495 e. The second-order valence-corrected chi connectivity index (χ2v) is 6.46. The van der Waals surface area contributed by atoms with Gasteiger partial charge in [0.1, 0.15) is 11.6 Å². The molecule has 2 aromatic heterocycles. The summed E-state index contributed by atoms with van der Waals surface area (Å²) in [6.45, 7) is 1.75. The highest BCUT2D eigenvalue weighted by Crippen LogP contribution is 2.30. The van der Waals surface area contributed by atoms with Crippen molar-refractivity contribution >= 4 is 23.4 Å². The van der Waals surface area contributed by atoms with Crippen molar-refractivity contribution in [2.24, 2.45) is 0 Å². The van der Waals surface area contributed by atoms with Gasteiger partial charge in [0.25, 0.3) is 0 Å². The molecule has 0 aliphatic heterocycles. The van der Waals surface area contributed by atoms with Crippen LogP contribution in [0.5, 0.6) is 5.75 Å². The van der Waals surface area contributed by atoms with Crippen molar-refractivity contribution in [3.05, 3.63) is 54.4 Å². The molecule has 0 radical (unpaired) electrons. The van der Waals surface area contributed by atoms with E-state index in [1.807, 2.05) is 19.1 Å². The van der Waals surface area contributed by atoms with Gasteiger partial charge in [-0.3, -0.25) is 4.98 Å². The molecule has 0 amide bonds. The lowest BCUT2D eigenvalue weighted by Gasteiger charge is -2.16. The molecule has 3 N–H and O–H groups in total. The Morgan fingerprint density at radius 2 is 1.90 bits per heavy atom. The number of methoxy groups -OCH3 is 2. The summed E-state index contributed by atoms with van der Waals surface area (Å²) in [5.41, 5.74) is 2.42. The summed E-state index contributed by atoms with van der Waals surface area (Å²) in [5, 5.41) is 15.6. The summed E-state index contributed by atoms with van der Waals surface area (Å²) in [7, 11) is 2.86. The molecule has 0 unspecified atom stereocenters. The molecule has 0 aliphatic carbocycles. The summed E-state index contributed by atoms with van der Waals surface area (Å²) in [6, 6.07) is 10.1. The van der Waals surface area contributed by atoms with E-state index in [1.54, 1.807) is 36.7 Å². The molecular weight excluding hydrogens is 386 g/mol. The Hall–Kier alpha value is -3.72. The lowest BCUT2D eigenvalue weighted by molar-refractivity contribution is 0.0600. The Balaban J connectivity index is 2.02. The normalized spacial score (nSPS) is 11.5. The Morgan fingerprint density at radius 3 is 2.57 bits per heavy atom. The minimum atomic E-state index is -0.458. The molecule has 30 heavy (non-hydrogen) atoms. The number of rotatable bonds is 8. The molecule has 1 aromatic carbocycles. The third kappa shape index (κ3) is 5.00. The third-order valence-electron chi connectivity index (χ3n) is 4.23. The lowest BCUT2D eigenvalue weighted by atomic mass is 10.1. The number of aromatic nitrogens is 3. The standard InChI is InChI=1S/C21H23N5O4/c1-13(12-27)23-21-25-16(14-6-8-22-9-7-14)11-19(26-21)24-17-10-15(20(28)30-3)4-5-18(17)29-2/h4-11,13,27H,12H2,1-3H3,(H2,23,24,25,26)/t13-/m0/s1. The van der Waals surface area contributed by atoms with Crippen molar-refractivity contribution in [1.29, 1.82) is 0 Å². The molecule has 156 valence electrons. The lowest BCUT2D eigenvalue weighted by Crippen LogP contribution is -2.21.